The Hall–Kier alpha value is -4.96. The zero-order valence-corrected chi connectivity index (χ0v) is 26.0. The van der Waals surface area contributed by atoms with Crippen molar-refractivity contribution in [2.75, 3.05) is 17.7 Å². The van der Waals surface area contributed by atoms with Gasteiger partial charge in [0.1, 0.15) is 11.6 Å². The molecule has 16 heteroatoms. The highest BCUT2D eigenvalue weighted by molar-refractivity contribution is 7.20. The van der Waals surface area contributed by atoms with Crippen molar-refractivity contribution in [3.05, 3.63) is 99.9 Å². The number of halogens is 7. The topological polar surface area (TPSA) is 105 Å². The number of methoxy groups -OCH3 is 1. The number of aromatic nitrogens is 2. The van der Waals surface area contributed by atoms with Crippen LogP contribution in [0.25, 0.3) is 15.8 Å². The van der Waals surface area contributed by atoms with E-state index in [0.717, 1.165) is 35.6 Å². The van der Waals surface area contributed by atoms with Crippen LogP contribution in [0.1, 0.15) is 45.8 Å². The molecule has 3 N–H and O–H groups in total. The number of fused-ring (bicyclic) bond motifs is 1. The number of rotatable bonds is 8. The van der Waals surface area contributed by atoms with Gasteiger partial charge in [0, 0.05) is 32.4 Å². The Kier molecular flexibility index (Phi) is 9.01. The first-order chi connectivity index (χ1) is 22.3. The number of thiophene rings is 1. The third kappa shape index (κ3) is 7.28. The number of hydrogen-bond acceptors (Lipinski definition) is 6. The summed E-state index contributed by atoms with van der Waals surface area (Å²) in [6.45, 7) is 3.14. The molecule has 0 radical (unpaired) electrons. The summed E-state index contributed by atoms with van der Waals surface area (Å²) in [5.74, 6) is -3.06. The second kappa shape index (κ2) is 12.6. The van der Waals surface area contributed by atoms with Gasteiger partial charge in [-0.3, -0.25) is 9.59 Å². The molecule has 0 bridgehead atoms. The zero-order valence-electron chi connectivity index (χ0n) is 25.2. The lowest BCUT2D eigenvalue weighted by Gasteiger charge is -2.14. The van der Waals surface area contributed by atoms with E-state index in [4.69, 9.17) is 4.74 Å². The van der Waals surface area contributed by atoms with E-state index in [1.54, 1.807) is 26.1 Å². The fraction of sp³-hybridized carbons (Fsp3) is 0.219. The van der Waals surface area contributed by atoms with Crippen molar-refractivity contribution in [3.8, 4) is 11.4 Å². The number of benzene rings is 3. The summed E-state index contributed by atoms with van der Waals surface area (Å²) < 4.78 is 101. The first kappa shape index (κ1) is 34.4. The zero-order chi connectivity index (χ0) is 35.2. The first-order valence-corrected chi connectivity index (χ1v) is 14.7. The van der Waals surface area contributed by atoms with E-state index in [1.165, 1.54) is 30.1 Å². The van der Waals surface area contributed by atoms with E-state index >= 15 is 0 Å². The molecule has 0 fully saturated rings. The largest absolute Gasteiger partial charge is 0.496 e. The molecule has 0 saturated heterocycles. The minimum Gasteiger partial charge on any atom is -0.496 e. The van der Waals surface area contributed by atoms with Crippen LogP contribution >= 0.6 is 11.3 Å². The van der Waals surface area contributed by atoms with Gasteiger partial charge < -0.3 is 20.5 Å². The molecule has 0 saturated carbocycles. The van der Waals surface area contributed by atoms with E-state index in [9.17, 15) is 45.4 Å². The second-order valence-electron chi connectivity index (χ2n) is 11.1. The quantitative estimate of drug-likeness (QED) is 0.143. The maximum Gasteiger partial charge on any atom is 0.419 e. The smallest absolute Gasteiger partial charge is 0.419 e. The van der Waals surface area contributed by atoms with Crippen LogP contribution in [0.2, 0.25) is 0 Å². The van der Waals surface area contributed by atoms with Crippen LogP contribution in [-0.4, -0.2) is 33.8 Å². The van der Waals surface area contributed by atoms with E-state index in [0.29, 0.717) is 23.4 Å². The van der Waals surface area contributed by atoms with Gasteiger partial charge in [0.05, 0.1) is 53.4 Å². The van der Waals surface area contributed by atoms with Crippen molar-refractivity contribution in [2.45, 2.75) is 38.2 Å². The van der Waals surface area contributed by atoms with E-state index in [2.05, 4.69) is 15.7 Å². The van der Waals surface area contributed by atoms with Crippen molar-refractivity contribution in [1.29, 1.82) is 0 Å². The van der Waals surface area contributed by atoms with Crippen molar-refractivity contribution in [1.82, 2.24) is 9.78 Å². The van der Waals surface area contributed by atoms with Crippen LogP contribution in [0.15, 0.2) is 67.0 Å². The van der Waals surface area contributed by atoms with E-state index in [-0.39, 0.29) is 37.7 Å². The molecule has 0 unspecified atom stereocenters. The Morgan fingerprint density at radius 3 is 2.29 bits per heavy atom. The molecule has 5 aromatic rings. The maximum atomic E-state index is 13.7. The molecule has 5 rings (SSSR count). The number of carbonyl (C=O) groups is 2. The lowest BCUT2D eigenvalue weighted by atomic mass is 10.0. The number of anilines is 2. The third-order valence-electron chi connectivity index (χ3n) is 7.19. The van der Waals surface area contributed by atoms with Gasteiger partial charge in [0.15, 0.2) is 0 Å². The van der Waals surface area contributed by atoms with Gasteiger partial charge in [0.25, 0.3) is 5.91 Å². The summed E-state index contributed by atoms with van der Waals surface area (Å²) in [4.78, 5) is 26.8. The van der Waals surface area contributed by atoms with E-state index < -0.39 is 53.1 Å². The van der Waals surface area contributed by atoms with Gasteiger partial charge in [0.2, 0.25) is 5.91 Å². The molecule has 3 aromatic carbocycles. The number of carbonyl (C=O) groups excluding carboxylic acids is 2. The Morgan fingerprint density at radius 1 is 0.938 bits per heavy atom. The monoisotopic (exact) mass is 694 g/mol. The molecule has 2 amide bonds. The third-order valence-corrected chi connectivity index (χ3v) is 8.34. The number of amides is 2. The van der Waals surface area contributed by atoms with Gasteiger partial charge in [-0.25, -0.2) is 9.07 Å². The molecule has 252 valence electrons. The SMILES string of the molecule is COc1ccc(-n2cc(C(C)(C)O)cn2)cc1C(=O)Nc1c(CC(=O)Nc2ccc(F)c(C(F)(F)F)c2)sc2cc(C(F)(F)F)ccc12. The van der Waals surface area contributed by atoms with Crippen molar-refractivity contribution in [2.24, 2.45) is 0 Å². The lowest BCUT2D eigenvalue weighted by molar-refractivity contribution is -0.140. The number of nitrogens with zero attached hydrogens (tertiary/aromatic N) is 2. The highest BCUT2D eigenvalue weighted by atomic mass is 32.1. The Balaban J connectivity index is 1.50. The molecular weight excluding hydrogens is 669 g/mol. The second-order valence-corrected chi connectivity index (χ2v) is 12.2. The van der Waals surface area contributed by atoms with Gasteiger partial charge >= 0.3 is 12.4 Å². The highest BCUT2D eigenvalue weighted by Gasteiger charge is 2.35. The summed E-state index contributed by atoms with van der Waals surface area (Å²) in [5.41, 5.74) is -3.27. The Labute approximate surface area is 271 Å². The predicted molar refractivity (Wildman–Crippen MR) is 164 cm³/mol. The Bertz CT molecular complexity index is 2030. The molecule has 0 spiro atoms. The van der Waals surface area contributed by atoms with Gasteiger partial charge in [-0.1, -0.05) is 6.07 Å². The fourth-order valence-electron chi connectivity index (χ4n) is 4.73. The number of nitrogens with one attached hydrogen (secondary N) is 2. The van der Waals surface area contributed by atoms with Crippen LogP contribution in [-0.2, 0) is 29.2 Å². The predicted octanol–water partition coefficient (Wildman–Crippen LogP) is 7.93. The summed E-state index contributed by atoms with van der Waals surface area (Å²) in [6, 6.07) is 9.21. The molecule has 2 heterocycles. The highest BCUT2D eigenvalue weighted by Crippen LogP contribution is 2.41. The van der Waals surface area contributed by atoms with Gasteiger partial charge in [-0.2, -0.15) is 31.4 Å². The number of aliphatic hydroxyl groups is 1. The molecule has 8 nitrogen and oxygen atoms in total. The van der Waals surface area contributed by atoms with Crippen LogP contribution in [0.5, 0.6) is 5.75 Å². The number of ether oxygens (including phenoxy) is 1. The summed E-state index contributed by atoms with van der Waals surface area (Å²) in [5, 5.41) is 19.6. The number of alkyl halides is 6. The maximum absolute atomic E-state index is 13.7. The molecule has 2 aromatic heterocycles. The minimum absolute atomic E-state index is 0.00479. The van der Waals surface area contributed by atoms with Crippen LogP contribution in [0, 0.1) is 5.82 Å². The lowest BCUT2D eigenvalue weighted by Crippen LogP contribution is -2.18. The molecule has 0 aliphatic rings. The summed E-state index contributed by atoms with van der Waals surface area (Å²) >= 11 is 0.770. The van der Waals surface area contributed by atoms with Crippen LogP contribution in [0.4, 0.5) is 42.1 Å². The average molecular weight is 695 g/mol. The van der Waals surface area contributed by atoms with Crippen molar-refractivity contribution >= 4 is 44.6 Å². The number of hydrogen-bond donors (Lipinski definition) is 3. The van der Waals surface area contributed by atoms with Crippen molar-refractivity contribution < 1.29 is 50.2 Å². The Morgan fingerprint density at radius 2 is 1.67 bits per heavy atom. The van der Waals surface area contributed by atoms with Crippen LogP contribution < -0.4 is 15.4 Å². The summed E-state index contributed by atoms with van der Waals surface area (Å²) in [7, 11) is 1.32. The van der Waals surface area contributed by atoms with Gasteiger partial charge in [-0.05, 0) is 62.4 Å². The minimum atomic E-state index is -5.03. The normalized spacial score (nSPS) is 12.3. The summed E-state index contributed by atoms with van der Waals surface area (Å²) in [6.07, 6.45) is -7.28. The van der Waals surface area contributed by atoms with Crippen LogP contribution in [0.3, 0.4) is 0 Å². The van der Waals surface area contributed by atoms with Crippen molar-refractivity contribution in [3.63, 3.8) is 0 Å². The average Bonchev–Trinajstić information content (AvgIpc) is 3.62. The molecular formula is C32H25F7N4O4S. The van der Waals surface area contributed by atoms with E-state index in [1.807, 2.05) is 0 Å². The first-order valence-electron chi connectivity index (χ1n) is 13.9. The standard InChI is InChI=1S/C32H25F7N4O4S/c1-30(2,46)17-14-40-43(15-17)19-6-9-24(47-3)21(12-19)29(45)42-28-20-7-4-16(31(34,35)36)10-25(20)48-26(28)13-27(44)41-18-5-8-23(33)22(11-18)32(37,38)39/h4-12,14-15,46H,13H2,1-3H3,(H,41,44)(H,42,45). The molecule has 48 heavy (non-hydrogen) atoms. The fourth-order valence-corrected chi connectivity index (χ4v) is 5.93. The molecule has 0 atom stereocenters. The molecule has 0 aliphatic carbocycles. The van der Waals surface area contributed by atoms with Gasteiger partial charge in [-0.15, -0.1) is 11.3 Å². The molecule has 0 aliphatic heterocycles.